The number of primary amides is 1. The van der Waals surface area contributed by atoms with Gasteiger partial charge in [0.25, 0.3) is 11.8 Å². The molecule has 10 heteroatoms. The number of nitrogens with two attached hydrogens (primary N) is 2. The van der Waals surface area contributed by atoms with E-state index in [0.717, 1.165) is 31.2 Å². The lowest BCUT2D eigenvalue weighted by molar-refractivity contribution is -0.0271. The van der Waals surface area contributed by atoms with E-state index < -0.39 is 12.1 Å². The summed E-state index contributed by atoms with van der Waals surface area (Å²) in [4.78, 5) is 26.8. The van der Waals surface area contributed by atoms with Crippen LogP contribution in [0.3, 0.4) is 0 Å². The van der Waals surface area contributed by atoms with E-state index in [1.165, 1.54) is 7.11 Å². The fourth-order valence-electron chi connectivity index (χ4n) is 5.13. The minimum absolute atomic E-state index is 0.0249. The summed E-state index contributed by atoms with van der Waals surface area (Å²) in [7, 11) is 5.26. The number of aromatic nitrogens is 2. The number of ether oxygens (including phenoxy) is 1. The maximum atomic E-state index is 12.6. The number of carbonyl (C=O) groups excluding carboxylic acids is 2. The Morgan fingerprint density at radius 3 is 2.39 bits per heavy atom. The Morgan fingerprint density at radius 2 is 1.79 bits per heavy atom. The highest BCUT2D eigenvalue weighted by Crippen LogP contribution is 2.38. The van der Waals surface area contributed by atoms with Gasteiger partial charge in [0.1, 0.15) is 29.1 Å². The number of nitrogens with zero attached hydrogens (tertiary/aromatic N) is 3. The molecule has 38 heavy (non-hydrogen) atoms. The molecule has 1 unspecified atom stereocenters. The predicted octanol–water partition coefficient (Wildman–Crippen LogP) is 2.78. The second-order valence-corrected chi connectivity index (χ2v) is 9.94. The van der Waals surface area contributed by atoms with E-state index in [0.29, 0.717) is 29.1 Å². The van der Waals surface area contributed by atoms with Crippen LogP contribution >= 0.6 is 0 Å². The van der Waals surface area contributed by atoms with E-state index in [1.54, 1.807) is 22.9 Å². The molecule has 1 aromatic heterocycles. The summed E-state index contributed by atoms with van der Waals surface area (Å²) in [5, 5.41) is 18.0. The summed E-state index contributed by atoms with van der Waals surface area (Å²) in [5.41, 5.74) is 14.8. The normalized spacial score (nSPS) is 18.2. The number of nitrogen functional groups attached to an aromatic ring is 1. The van der Waals surface area contributed by atoms with E-state index in [9.17, 15) is 14.7 Å². The SMILES string of the molecule is COc1ccccc1C(=O)NCc1ccc(-c2nn([C@H]3CC[C@@H](C(O)N(C)C)CC3)c(N)c2C(N)=O)cc1. The lowest BCUT2D eigenvalue weighted by atomic mass is 9.84. The largest absolute Gasteiger partial charge is 0.496 e. The van der Waals surface area contributed by atoms with Gasteiger partial charge in [0.05, 0.1) is 18.7 Å². The molecule has 4 rings (SSSR count). The Bertz CT molecular complexity index is 1280. The van der Waals surface area contributed by atoms with E-state index >= 15 is 0 Å². The van der Waals surface area contributed by atoms with Crippen LogP contribution in [0.2, 0.25) is 0 Å². The predicted molar refractivity (Wildman–Crippen MR) is 145 cm³/mol. The molecule has 0 radical (unpaired) electrons. The monoisotopic (exact) mass is 520 g/mol. The van der Waals surface area contributed by atoms with Crippen molar-refractivity contribution >= 4 is 17.6 Å². The van der Waals surface area contributed by atoms with Crippen LogP contribution in [-0.2, 0) is 6.54 Å². The molecule has 0 aliphatic heterocycles. The zero-order valence-electron chi connectivity index (χ0n) is 22.1. The van der Waals surface area contributed by atoms with Gasteiger partial charge in [-0.2, -0.15) is 5.10 Å². The molecule has 1 aliphatic rings. The van der Waals surface area contributed by atoms with Crippen molar-refractivity contribution in [3.05, 3.63) is 65.2 Å². The Morgan fingerprint density at radius 1 is 1.13 bits per heavy atom. The van der Waals surface area contributed by atoms with Gasteiger partial charge in [0, 0.05) is 12.1 Å². The first kappa shape index (κ1) is 27.2. The molecule has 0 saturated heterocycles. The standard InChI is InChI=1S/C28H36N6O4/c1-33(2)28(37)19-12-14-20(15-13-19)34-25(29)23(26(30)35)24(32-34)18-10-8-17(9-11-18)16-31-27(36)21-6-4-5-7-22(21)38-3/h4-11,19-20,28,37H,12-16,29H2,1-3H3,(H2,30,35)(H,31,36)/t19-,20+,28?. The van der Waals surface area contributed by atoms with Gasteiger partial charge in [-0.1, -0.05) is 36.4 Å². The number of rotatable bonds is 9. The number of hydrogen-bond donors (Lipinski definition) is 4. The zero-order chi connectivity index (χ0) is 27.4. The quantitative estimate of drug-likeness (QED) is 0.317. The van der Waals surface area contributed by atoms with Crippen LogP contribution in [0.15, 0.2) is 48.5 Å². The third-order valence-electron chi connectivity index (χ3n) is 7.26. The fraction of sp³-hybridized carbons (Fsp3) is 0.393. The number of hydrogen-bond acceptors (Lipinski definition) is 7. The van der Waals surface area contributed by atoms with Crippen molar-refractivity contribution in [1.29, 1.82) is 0 Å². The molecular weight excluding hydrogens is 484 g/mol. The summed E-state index contributed by atoms with van der Waals surface area (Å²) in [6, 6.07) is 14.5. The maximum absolute atomic E-state index is 12.6. The summed E-state index contributed by atoms with van der Waals surface area (Å²) >= 11 is 0. The number of benzene rings is 2. The molecular formula is C28H36N6O4. The number of nitrogens with one attached hydrogen (secondary N) is 1. The van der Waals surface area contributed by atoms with E-state index in [-0.39, 0.29) is 29.2 Å². The highest BCUT2D eigenvalue weighted by atomic mass is 16.5. The zero-order valence-corrected chi connectivity index (χ0v) is 22.1. The van der Waals surface area contributed by atoms with Crippen molar-refractivity contribution in [1.82, 2.24) is 20.0 Å². The van der Waals surface area contributed by atoms with Gasteiger partial charge in [0.15, 0.2) is 0 Å². The topological polar surface area (TPSA) is 149 Å². The Kier molecular flexibility index (Phi) is 8.33. The van der Waals surface area contributed by atoms with Crippen LogP contribution in [-0.4, -0.2) is 59.0 Å². The molecule has 6 N–H and O–H groups in total. The molecule has 3 aromatic rings. The Balaban J connectivity index is 1.48. The highest BCUT2D eigenvalue weighted by Gasteiger charge is 2.31. The average Bonchev–Trinajstić information content (AvgIpc) is 3.28. The van der Waals surface area contributed by atoms with Crippen molar-refractivity contribution in [2.75, 3.05) is 26.9 Å². The van der Waals surface area contributed by atoms with Gasteiger partial charge < -0.3 is 26.6 Å². The van der Waals surface area contributed by atoms with Gasteiger partial charge >= 0.3 is 0 Å². The van der Waals surface area contributed by atoms with E-state index in [4.69, 9.17) is 21.3 Å². The van der Waals surface area contributed by atoms with Gasteiger partial charge in [-0.3, -0.25) is 14.5 Å². The molecule has 202 valence electrons. The second-order valence-electron chi connectivity index (χ2n) is 9.94. The van der Waals surface area contributed by atoms with Crippen molar-refractivity contribution in [3.63, 3.8) is 0 Å². The van der Waals surface area contributed by atoms with Crippen LogP contribution < -0.4 is 21.5 Å². The number of methoxy groups -OCH3 is 1. The molecule has 1 saturated carbocycles. The molecule has 1 heterocycles. The van der Waals surface area contributed by atoms with Gasteiger partial charge in [-0.25, -0.2) is 4.68 Å². The first-order valence-electron chi connectivity index (χ1n) is 12.7. The molecule has 1 fully saturated rings. The van der Waals surface area contributed by atoms with Crippen LogP contribution in [0.25, 0.3) is 11.3 Å². The molecule has 2 amide bonds. The molecule has 1 atom stereocenters. The van der Waals surface area contributed by atoms with Gasteiger partial charge in [-0.05, 0) is 63.4 Å². The number of aliphatic hydroxyl groups is 1. The molecule has 1 aliphatic carbocycles. The minimum Gasteiger partial charge on any atom is -0.496 e. The summed E-state index contributed by atoms with van der Waals surface area (Å²) in [6.45, 7) is 0.318. The van der Waals surface area contributed by atoms with Crippen LogP contribution in [0, 0.1) is 5.92 Å². The van der Waals surface area contributed by atoms with E-state index in [1.807, 2.05) is 49.3 Å². The first-order chi connectivity index (χ1) is 18.2. The van der Waals surface area contributed by atoms with Gasteiger partial charge in [0.2, 0.25) is 0 Å². The highest BCUT2D eigenvalue weighted by molar-refractivity contribution is 6.03. The molecule has 10 nitrogen and oxygen atoms in total. The maximum Gasteiger partial charge on any atom is 0.255 e. The van der Waals surface area contributed by atoms with Crippen LogP contribution in [0.1, 0.15) is 58.0 Å². The summed E-state index contributed by atoms with van der Waals surface area (Å²) in [5.74, 6) is 0.0896. The van der Waals surface area contributed by atoms with Gasteiger partial charge in [-0.15, -0.1) is 0 Å². The van der Waals surface area contributed by atoms with Crippen molar-refractivity contribution < 1.29 is 19.4 Å². The number of para-hydroxylation sites is 1. The Hall–Kier alpha value is -3.89. The number of anilines is 1. The van der Waals surface area contributed by atoms with Crippen LogP contribution in [0.4, 0.5) is 5.82 Å². The van der Waals surface area contributed by atoms with Crippen molar-refractivity contribution in [3.8, 4) is 17.0 Å². The smallest absolute Gasteiger partial charge is 0.255 e. The average molecular weight is 521 g/mol. The van der Waals surface area contributed by atoms with Crippen molar-refractivity contribution in [2.45, 2.75) is 44.5 Å². The van der Waals surface area contributed by atoms with E-state index in [2.05, 4.69) is 5.32 Å². The number of aliphatic hydroxyl groups excluding tert-OH is 1. The third kappa shape index (κ3) is 5.66. The fourth-order valence-corrected chi connectivity index (χ4v) is 5.13. The van der Waals surface area contributed by atoms with Crippen LogP contribution in [0.5, 0.6) is 5.75 Å². The molecule has 2 aromatic carbocycles. The second kappa shape index (κ2) is 11.7. The summed E-state index contributed by atoms with van der Waals surface area (Å²) in [6.07, 6.45) is 2.77. The lowest BCUT2D eigenvalue weighted by Crippen LogP contribution is -2.37. The Labute approximate surface area is 222 Å². The van der Waals surface area contributed by atoms with Crippen molar-refractivity contribution in [2.24, 2.45) is 11.7 Å². The lowest BCUT2D eigenvalue weighted by Gasteiger charge is -2.34. The minimum atomic E-state index is -0.631. The molecule has 0 spiro atoms. The number of amides is 2. The number of carbonyl (C=O) groups is 2. The third-order valence-corrected chi connectivity index (χ3v) is 7.26. The molecule has 0 bridgehead atoms. The first-order valence-corrected chi connectivity index (χ1v) is 12.7. The summed E-state index contributed by atoms with van der Waals surface area (Å²) < 4.78 is 6.98.